The minimum absolute atomic E-state index is 0.223. The molecule has 0 aromatic heterocycles. The molecule has 1 aliphatic heterocycles. The summed E-state index contributed by atoms with van der Waals surface area (Å²) in [6, 6.07) is 11.1. The predicted molar refractivity (Wildman–Crippen MR) is 82.7 cm³/mol. The Morgan fingerprint density at radius 3 is 2.60 bits per heavy atom. The second-order valence-electron chi connectivity index (χ2n) is 5.11. The topological polar surface area (TPSA) is 35.2 Å². The van der Waals surface area contributed by atoms with E-state index in [4.69, 9.17) is 33.7 Å². The van der Waals surface area contributed by atoms with Gasteiger partial charge in [0.1, 0.15) is 11.9 Å². The number of nitrogens with two attached hydrogens (primary N) is 1. The maximum atomic E-state index is 6.34. The Kier molecular flexibility index (Phi) is 3.63. The van der Waals surface area contributed by atoms with Crippen LogP contribution in [-0.2, 0) is 6.42 Å². The molecule has 3 rings (SSSR count). The Morgan fingerprint density at radius 1 is 1.20 bits per heavy atom. The van der Waals surface area contributed by atoms with Crippen LogP contribution in [0.3, 0.4) is 0 Å². The molecule has 0 bridgehead atoms. The largest absolute Gasteiger partial charge is 0.490 e. The normalized spacial score (nSPS) is 18.5. The molecule has 20 heavy (non-hydrogen) atoms. The van der Waals surface area contributed by atoms with Crippen molar-refractivity contribution in [2.75, 3.05) is 0 Å². The lowest BCUT2D eigenvalue weighted by Crippen LogP contribution is -2.13. The molecule has 0 aliphatic carbocycles. The Labute approximate surface area is 128 Å². The van der Waals surface area contributed by atoms with Crippen molar-refractivity contribution in [1.82, 2.24) is 0 Å². The van der Waals surface area contributed by atoms with E-state index in [2.05, 4.69) is 13.0 Å². The summed E-state index contributed by atoms with van der Waals surface area (Å²) in [5.41, 5.74) is 9.29. The van der Waals surface area contributed by atoms with E-state index in [9.17, 15) is 0 Å². The van der Waals surface area contributed by atoms with Crippen LogP contribution in [0.4, 0.5) is 0 Å². The van der Waals surface area contributed by atoms with Crippen molar-refractivity contribution in [3.05, 3.63) is 63.1 Å². The van der Waals surface area contributed by atoms with Gasteiger partial charge in [0.25, 0.3) is 0 Å². The van der Waals surface area contributed by atoms with Gasteiger partial charge in [-0.1, -0.05) is 41.4 Å². The Morgan fingerprint density at radius 2 is 1.90 bits per heavy atom. The van der Waals surface area contributed by atoms with Gasteiger partial charge < -0.3 is 10.5 Å². The van der Waals surface area contributed by atoms with E-state index in [1.54, 1.807) is 12.1 Å². The molecule has 0 saturated heterocycles. The summed E-state index contributed by atoms with van der Waals surface area (Å²) in [5, 5.41) is 1.19. The van der Waals surface area contributed by atoms with Crippen LogP contribution in [0.2, 0.25) is 10.0 Å². The Balaban J connectivity index is 2.00. The first-order chi connectivity index (χ1) is 9.56. The fraction of sp³-hybridized carbons (Fsp3) is 0.250. The standard InChI is InChI=1S/C16H15Cl2NO/c1-9-7-11-8-10(5-6-14(11)20-9)16(19)15-12(17)3-2-4-13(15)18/h2-6,8-9,16H,7,19H2,1H3. The van der Waals surface area contributed by atoms with Crippen molar-refractivity contribution in [1.29, 1.82) is 0 Å². The summed E-state index contributed by atoms with van der Waals surface area (Å²) >= 11 is 12.5. The van der Waals surface area contributed by atoms with Crippen LogP contribution in [0.15, 0.2) is 36.4 Å². The van der Waals surface area contributed by atoms with Gasteiger partial charge in [-0.25, -0.2) is 0 Å². The summed E-state index contributed by atoms with van der Waals surface area (Å²) in [7, 11) is 0. The van der Waals surface area contributed by atoms with Crippen molar-refractivity contribution in [2.24, 2.45) is 5.73 Å². The van der Waals surface area contributed by atoms with Gasteiger partial charge >= 0.3 is 0 Å². The molecule has 2 aromatic rings. The van der Waals surface area contributed by atoms with Crippen LogP contribution in [0.25, 0.3) is 0 Å². The van der Waals surface area contributed by atoms with Gasteiger partial charge in [0.05, 0.1) is 6.04 Å². The minimum atomic E-state index is -0.336. The highest BCUT2D eigenvalue weighted by Gasteiger charge is 2.22. The molecule has 2 unspecified atom stereocenters. The molecule has 2 N–H and O–H groups in total. The molecule has 0 spiro atoms. The highest BCUT2D eigenvalue weighted by molar-refractivity contribution is 6.36. The molecule has 2 aromatic carbocycles. The minimum Gasteiger partial charge on any atom is -0.490 e. The quantitative estimate of drug-likeness (QED) is 0.894. The highest BCUT2D eigenvalue weighted by atomic mass is 35.5. The molecular weight excluding hydrogens is 293 g/mol. The van der Waals surface area contributed by atoms with Crippen molar-refractivity contribution >= 4 is 23.2 Å². The van der Waals surface area contributed by atoms with E-state index in [0.717, 1.165) is 23.3 Å². The Bertz CT molecular complexity index is 637. The third kappa shape index (κ3) is 2.39. The van der Waals surface area contributed by atoms with Gasteiger partial charge in [-0.15, -0.1) is 0 Å². The van der Waals surface area contributed by atoms with Gasteiger partial charge in [-0.2, -0.15) is 0 Å². The molecule has 0 fully saturated rings. The molecule has 4 heteroatoms. The van der Waals surface area contributed by atoms with Crippen LogP contribution >= 0.6 is 23.2 Å². The lowest BCUT2D eigenvalue weighted by atomic mass is 9.96. The molecule has 1 aliphatic rings. The van der Waals surface area contributed by atoms with Crippen molar-refractivity contribution in [3.8, 4) is 5.75 Å². The number of ether oxygens (including phenoxy) is 1. The summed E-state index contributed by atoms with van der Waals surface area (Å²) in [6.07, 6.45) is 1.13. The van der Waals surface area contributed by atoms with E-state index < -0.39 is 0 Å². The zero-order valence-electron chi connectivity index (χ0n) is 11.1. The number of rotatable bonds is 2. The zero-order valence-corrected chi connectivity index (χ0v) is 12.6. The third-order valence-electron chi connectivity index (χ3n) is 3.59. The average molecular weight is 308 g/mol. The fourth-order valence-corrected chi connectivity index (χ4v) is 3.24. The zero-order chi connectivity index (χ0) is 14.3. The SMILES string of the molecule is CC1Cc2cc(C(N)c3c(Cl)cccc3Cl)ccc2O1. The maximum absolute atomic E-state index is 6.34. The van der Waals surface area contributed by atoms with E-state index in [0.29, 0.717) is 10.0 Å². The van der Waals surface area contributed by atoms with Crippen LogP contribution in [-0.4, -0.2) is 6.10 Å². The summed E-state index contributed by atoms with van der Waals surface area (Å²) in [6.45, 7) is 2.06. The van der Waals surface area contributed by atoms with Gasteiger partial charge in [0, 0.05) is 22.0 Å². The Hall–Kier alpha value is -1.22. The van der Waals surface area contributed by atoms with Crippen molar-refractivity contribution in [3.63, 3.8) is 0 Å². The second kappa shape index (κ2) is 5.28. The van der Waals surface area contributed by atoms with Gasteiger partial charge in [-0.05, 0) is 36.2 Å². The first-order valence-electron chi connectivity index (χ1n) is 6.55. The van der Waals surface area contributed by atoms with Crippen molar-refractivity contribution in [2.45, 2.75) is 25.5 Å². The molecule has 2 nitrogen and oxygen atoms in total. The molecule has 0 saturated carbocycles. The molecular formula is C16H15Cl2NO. The first kappa shape index (κ1) is 13.7. The van der Waals surface area contributed by atoms with E-state index >= 15 is 0 Å². The molecule has 2 atom stereocenters. The van der Waals surface area contributed by atoms with Gasteiger partial charge in [0.2, 0.25) is 0 Å². The van der Waals surface area contributed by atoms with Crippen LogP contribution < -0.4 is 10.5 Å². The van der Waals surface area contributed by atoms with Gasteiger partial charge in [-0.3, -0.25) is 0 Å². The second-order valence-corrected chi connectivity index (χ2v) is 5.93. The summed E-state index contributed by atoms with van der Waals surface area (Å²) in [5.74, 6) is 0.943. The number of halogens is 2. The predicted octanol–water partition coefficient (Wildman–Crippen LogP) is 4.36. The number of hydrogen-bond donors (Lipinski definition) is 1. The van der Waals surface area contributed by atoms with E-state index in [1.165, 1.54) is 5.56 Å². The van der Waals surface area contributed by atoms with Crippen molar-refractivity contribution < 1.29 is 4.74 Å². The summed E-state index contributed by atoms with van der Waals surface area (Å²) in [4.78, 5) is 0. The number of hydrogen-bond acceptors (Lipinski definition) is 2. The molecule has 0 radical (unpaired) electrons. The van der Waals surface area contributed by atoms with E-state index in [-0.39, 0.29) is 12.1 Å². The third-order valence-corrected chi connectivity index (χ3v) is 4.25. The smallest absolute Gasteiger partial charge is 0.123 e. The molecule has 1 heterocycles. The molecule has 0 amide bonds. The highest BCUT2D eigenvalue weighted by Crippen LogP contribution is 2.36. The fourth-order valence-electron chi connectivity index (χ4n) is 2.61. The lowest BCUT2D eigenvalue weighted by Gasteiger charge is -2.16. The van der Waals surface area contributed by atoms with Crippen LogP contribution in [0.1, 0.15) is 29.7 Å². The average Bonchev–Trinajstić information content (AvgIpc) is 2.77. The van der Waals surface area contributed by atoms with Crippen LogP contribution in [0, 0.1) is 0 Å². The van der Waals surface area contributed by atoms with Crippen LogP contribution in [0.5, 0.6) is 5.75 Å². The lowest BCUT2D eigenvalue weighted by molar-refractivity contribution is 0.254. The maximum Gasteiger partial charge on any atom is 0.123 e. The number of fused-ring (bicyclic) bond motifs is 1. The summed E-state index contributed by atoms with van der Waals surface area (Å²) < 4.78 is 5.70. The monoisotopic (exact) mass is 307 g/mol. The first-order valence-corrected chi connectivity index (χ1v) is 7.31. The molecule has 104 valence electrons. The van der Waals surface area contributed by atoms with E-state index in [1.807, 2.05) is 18.2 Å². The number of benzene rings is 2. The van der Waals surface area contributed by atoms with Gasteiger partial charge in [0.15, 0.2) is 0 Å².